The fraction of sp³-hybridized carbons (Fsp3) is 0.733. The van der Waals surface area contributed by atoms with Gasteiger partial charge in [-0.25, -0.2) is 9.97 Å². The zero-order valence-electron chi connectivity index (χ0n) is 12.4. The Balaban J connectivity index is 1.92. The molecule has 2 unspecified atom stereocenters. The molecule has 19 heavy (non-hydrogen) atoms. The molecule has 2 atom stereocenters. The van der Waals surface area contributed by atoms with Crippen LogP contribution < -0.4 is 10.1 Å². The van der Waals surface area contributed by atoms with Crippen LogP contribution in [0.15, 0.2) is 12.4 Å². The summed E-state index contributed by atoms with van der Waals surface area (Å²) in [4.78, 5) is 8.85. The van der Waals surface area contributed by atoms with E-state index in [9.17, 15) is 0 Å². The van der Waals surface area contributed by atoms with Gasteiger partial charge in [-0.1, -0.05) is 13.8 Å². The molecule has 1 fully saturated rings. The summed E-state index contributed by atoms with van der Waals surface area (Å²) < 4.78 is 5.56. The van der Waals surface area contributed by atoms with E-state index in [0.29, 0.717) is 6.04 Å². The lowest BCUT2D eigenvalue weighted by molar-refractivity contribution is 0.237. The van der Waals surface area contributed by atoms with Crippen molar-refractivity contribution in [2.75, 3.05) is 6.54 Å². The molecule has 0 bridgehead atoms. The SMILES string of the molecule is CC(C)Oc1cnc(C2CCC(C(C)C)CN2)nc1. The maximum atomic E-state index is 5.56. The average Bonchev–Trinajstić information content (AvgIpc) is 2.39. The summed E-state index contributed by atoms with van der Waals surface area (Å²) in [5.41, 5.74) is 0. The summed E-state index contributed by atoms with van der Waals surface area (Å²) in [6.45, 7) is 9.66. The quantitative estimate of drug-likeness (QED) is 0.907. The van der Waals surface area contributed by atoms with E-state index in [0.717, 1.165) is 36.4 Å². The van der Waals surface area contributed by atoms with Crippen molar-refractivity contribution in [1.29, 1.82) is 0 Å². The second kappa shape index (κ2) is 6.33. The maximum absolute atomic E-state index is 5.56. The smallest absolute Gasteiger partial charge is 0.156 e. The zero-order valence-corrected chi connectivity index (χ0v) is 12.4. The number of piperidine rings is 1. The van der Waals surface area contributed by atoms with Crippen LogP contribution in [0.1, 0.15) is 52.4 Å². The highest BCUT2D eigenvalue weighted by Gasteiger charge is 2.25. The molecule has 0 aliphatic carbocycles. The van der Waals surface area contributed by atoms with Gasteiger partial charge in [-0.15, -0.1) is 0 Å². The molecule has 4 nitrogen and oxygen atoms in total. The van der Waals surface area contributed by atoms with Crippen molar-refractivity contribution in [3.63, 3.8) is 0 Å². The predicted octanol–water partition coefficient (Wildman–Crippen LogP) is 2.96. The summed E-state index contributed by atoms with van der Waals surface area (Å²) in [5.74, 6) is 3.16. The summed E-state index contributed by atoms with van der Waals surface area (Å²) >= 11 is 0. The lowest BCUT2D eigenvalue weighted by atomic mass is 9.86. The molecule has 0 radical (unpaired) electrons. The minimum absolute atomic E-state index is 0.161. The number of nitrogens with one attached hydrogen (secondary N) is 1. The first-order chi connectivity index (χ1) is 9.06. The topological polar surface area (TPSA) is 47.0 Å². The van der Waals surface area contributed by atoms with Crippen LogP contribution >= 0.6 is 0 Å². The number of ether oxygens (including phenoxy) is 1. The molecule has 4 heteroatoms. The van der Waals surface area contributed by atoms with Crippen LogP contribution in [0, 0.1) is 11.8 Å². The van der Waals surface area contributed by atoms with E-state index >= 15 is 0 Å². The van der Waals surface area contributed by atoms with E-state index in [1.807, 2.05) is 13.8 Å². The molecule has 0 aromatic carbocycles. The third-order valence-corrected chi connectivity index (χ3v) is 3.73. The van der Waals surface area contributed by atoms with Crippen LogP contribution in [-0.4, -0.2) is 22.6 Å². The van der Waals surface area contributed by atoms with Gasteiger partial charge in [-0.05, 0) is 45.1 Å². The van der Waals surface area contributed by atoms with Gasteiger partial charge in [-0.3, -0.25) is 0 Å². The standard InChI is InChI=1S/C15H25N3O/c1-10(2)12-5-6-14(16-7-12)15-17-8-13(9-18-15)19-11(3)4/h8-12,14,16H,5-7H2,1-4H3. The molecule has 2 heterocycles. The van der Waals surface area contributed by atoms with Crippen molar-refractivity contribution in [2.24, 2.45) is 11.8 Å². The van der Waals surface area contributed by atoms with Crippen LogP contribution in [-0.2, 0) is 0 Å². The Morgan fingerprint density at radius 2 is 1.84 bits per heavy atom. The van der Waals surface area contributed by atoms with E-state index in [2.05, 4.69) is 29.1 Å². The van der Waals surface area contributed by atoms with E-state index in [4.69, 9.17) is 4.74 Å². The van der Waals surface area contributed by atoms with Crippen molar-refractivity contribution in [3.05, 3.63) is 18.2 Å². The van der Waals surface area contributed by atoms with Gasteiger partial charge in [0.15, 0.2) is 5.75 Å². The summed E-state index contributed by atoms with van der Waals surface area (Å²) in [5, 5.41) is 3.56. The van der Waals surface area contributed by atoms with Gasteiger partial charge in [0.25, 0.3) is 0 Å². The molecule has 0 spiro atoms. The third-order valence-electron chi connectivity index (χ3n) is 3.73. The fourth-order valence-electron chi connectivity index (χ4n) is 2.51. The van der Waals surface area contributed by atoms with Crippen molar-refractivity contribution in [3.8, 4) is 5.75 Å². The van der Waals surface area contributed by atoms with Crippen LogP contribution in [0.3, 0.4) is 0 Å². The Morgan fingerprint density at radius 3 is 2.32 bits per heavy atom. The minimum atomic E-state index is 0.161. The van der Waals surface area contributed by atoms with Crippen LogP contribution in [0.5, 0.6) is 5.75 Å². The Morgan fingerprint density at radius 1 is 1.16 bits per heavy atom. The Kier molecular flexibility index (Phi) is 4.75. The van der Waals surface area contributed by atoms with Crippen LogP contribution in [0.25, 0.3) is 0 Å². The number of rotatable bonds is 4. The van der Waals surface area contributed by atoms with Crippen LogP contribution in [0.4, 0.5) is 0 Å². The molecule has 106 valence electrons. The van der Waals surface area contributed by atoms with Crippen molar-refractivity contribution in [1.82, 2.24) is 15.3 Å². The molecular formula is C15H25N3O. The van der Waals surface area contributed by atoms with Gasteiger partial charge >= 0.3 is 0 Å². The summed E-state index contributed by atoms with van der Waals surface area (Å²) in [6, 6.07) is 0.295. The monoisotopic (exact) mass is 263 g/mol. The van der Waals surface area contributed by atoms with Crippen molar-refractivity contribution < 1.29 is 4.74 Å². The third kappa shape index (κ3) is 3.90. The second-order valence-electron chi connectivity index (χ2n) is 5.99. The first-order valence-electron chi connectivity index (χ1n) is 7.28. The zero-order chi connectivity index (χ0) is 13.8. The van der Waals surface area contributed by atoms with E-state index in [1.165, 1.54) is 6.42 Å². The fourth-order valence-corrected chi connectivity index (χ4v) is 2.51. The molecule has 1 saturated heterocycles. The summed E-state index contributed by atoms with van der Waals surface area (Å²) in [6.07, 6.45) is 6.09. The second-order valence-corrected chi connectivity index (χ2v) is 5.99. The van der Waals surface area contributed by atoms with Crippen LogP contribution in [0.2, 0.25) is 0 Å². The summed E-state index contributed by atoms with van der Waals surface area (Å²) in [7, 11) is 0. The minimum Gasteiger partial charge on any atom is -0.488 e. The highest BCUT2D eigenvalue weighted by atomic mass is 16.5. The lowest BCUT2D eigenvalue weighted by Crippen LogP contribution is -2.36. The Labute approximate surface area is 116 Å². The predicted molar refractivity (Wildman–Crippen MR) is 76.1 cm³/mol. The normalized spacial score (nSPS) is 23.9. The van der Waals surface area contributed by atoms with Gasteiger partial charge in [-0.2, -0.15) is 0 Å². The first kappa shape index (κ1) is 14.3. The van der Waals surface area contributed by atoms with Gasteiger partial charge in [0.1, 0.15) is 5.82 Å². The molecule has 1 aromatic rings. The van der Waals surface area contributed by atoms with E-state index < -0.39 is 0 Å². The van der Waals surface area contributed by atoms with E-state index in [-0.39, 0.29) is 6.10 Å². The molecule has 1 aromatic heterocycles. The Bertz CT molecular complexity index is 381. The van der Waals surface area contributed by atoms with E-state index in [1.54, 1.807) is 12.4 Å². The highest BCUT2D eigenvalue weighted by Crippen LogP contribution is 2.27. The highest BCUT2D eigenvalue weighted by molar-refractivity contribution is 5.14. The Hall–Kier alpha value is -1.16. The molecule has 2 rings (SSSR count). The lowest BCUT2D eigenvalue weighted by Gasteiger charge is -2.31. The maximum Gasteiger partial charge on any atom is 0.156 e. The molecule has 1 N–H and O–H groups in total. The number of hydrogen-bond donors (Lipinski definition) is 1. The first-order valence-corrected chi connectivity index (χ1v) is 7.28. The van der Waals surface area contributed by atoms with Gasteiger partial charge in [0, 0.05) is 0 Å². The number of nitrogens with zero attached hydrogens (tertiary/aromatic N) is 2. The molecular weight excluding hydrogens is 238 g/mol. The number of hydrogen-bond acceptors (Lipinski definition) is 4. The number of aromatic nitrogens is 2. The average molecular weight is 263 g/mol. The van der Waals surface area contributed by atoms with Gasteiger partial charge in [0.2, 0.25) is 0 Å². The molecule has 0 amide bonds. The van der Waals surface area contributed by atoms with Gasteiger partial charge < -0.3 is 10.1 Å². The van der Waals surface area contributed by atoms with Gasteiger partial charge in [0.05, 0.1) is 24.5 Å². The molecule has 1 aliphatic heterocycles. The molecule has 1 aliphatic rings. The van der Waals surface area contributed by atoms with Crippen molar-refractivity contribution >= 4 is 0 Å². The largest absolute Gasteiger partial charge is 0.488 e. The van der Waals surface area contributed by atoms with Crippen molar-refractivity contribution in [2.45, 2.75) is 52.7 Å². The molecule has 0 saturated carbocycles.